The lowest BCUT2D eigenvalue weighted by Gasteiger charge is -2.27. The summed E-state index contributed by atoms with van der Waals surface area (Å²) in [5.74, 6) is -1.76. The summed E-state index contributed by atoms with van der Waals surface area (Å²) in [4.78, 5) is 34.4. The Bertz CT molecular complexity index is 965. The largest absolute Gasteiger partial charge is 0.292 e. The summed E-state index contributed by atoms with van der Waals surface area (Å²) >= 11 is 0. The third-order valence-corrected chi connectivity index (χ3v) is 4.77. The second-order valence-electron chi connectivity index (χ2n) is 6.13. The van der Waals surface area contributed by atoms with Crippen molar-refractivity contribution < 1.29 is 14.6 Å². The molecule has 0 bridgehead atoms. The zero-order valence-electron chi connectivity index (χ0n) is 13.5. The average Bonchev–Trinajstić information content (AvgIpc) is 2.93. The van der Waals surface area contributed by atoms with Crippen LogP contribution in [0.4, 0.5) is 5.69 Å². The maximum absolute atomic E-state index is 13.0. The van der Waals surface area contributed by atoms with Gasteiger partial charge >= 0.3 is 0 Å². The molecule has 0 saturated carbocycles. The topological polar surface area (TPSA) is 127 Å². The molecule has 1 aliphatic carbocycles. The number of nitrogens with zero attached hydrogens (tertiary/aromatic N) is 3. The summed E-state index contributed by atoms with van der Waals surface area (Å²) < 4.78 is 0. The molecule has 0 radical (unpaired) electrons. The molecule has 2 atom stereocenters. The molecule has 2 aromatic rings. The molecule has 0 unspecified atom stereocenters. The van der Waals surface area contributed by atoms with E-state index in [1.54, 1.807) is 24.3 Å². The number of para-hydroxylation sites is 1. The Hall–Kier alpha value is -3.60. The van der Waals surface area contributed by atoms with E-state index in [2.05, 4.69) is 0 Å². The lowest BCUT2D eigenvalue weighted by Crippen LogP contribution is -2.38. The first-order chi connectivity index (χ1) is 12.4. The van der Waals surface area contributed by atoms with Crippen molar-refractivity contribution in [3.05, 3.63) is 85.4 Å². The predicted octanol–water partition coefficient (Wildman–Crippen LogP) is 2.90. The molecular weight excluding hydrogens is 338 g/mol. The monoisotopic (exact) mass is 351 g/mol. The molecule has 0 saturated heterocycles. The minimum absolute atomic E-state index is 0.0109. The van der Waals surface area contributed by atoms with Crippen molar-refractivity contribution in [2.45, 2.75) is 12.3 Å². The smallest absolute Gasteiger partial charge is 0.273 e. The molecule has 0 heterocycles. The standard InChI is InChI=1S/C18H13N3O5/c19-11-18(9-12-5-1-2-6-13(12)17(18)22)15(10-20(23)24)14-7-3-4-8-16(14)21(25)26/h1-8,15H,9-10H2/t15-,18-/m0/s1. The predicted molar refractivity (Wildman–Crippen MR) is 90.2 cm³/mol. The van der Waals surface area contributed by atoms with Crippen molar-refractivity contribution in [2.75, 3.05) is 6.54 Å². The fourth-order valence-electron chi connectivity index (χ4n) is 3.58. The molecule has 0 amide bonds. The van der Waals surface area contributed by atoms with E-state index >= 15 is 0 Å². The van der Waals surface area contributed by atoms with E-state index in [1.807, 2.05) is 6.07 Å². The van der Waals surface area contributed by atoms with E-state index < -0.39 is 33.5 Å². The lowest BCUT2D eigenvalue weighted by atomic mass is 9.69. The highest BCUT2D eigenvalue weighted by atomic mass is 16.6. The Kier molecular flexibility index (Phi) is 4.22. The highest BCUT2D eigenvalue weighted by Crippen LogP contribution is 2.48. The Morgan fingerprint density at radius 1 is 1.12 bits per heavy atom. The van der Waals surface area contributed by atoms with Gasteiger partial charge in [-0.15, -0.1) is 0 Å². The lowest BCUT2D eigenvalue weighted by molar-refractivity contribution is -0.485. The van der Waals surface area contributed by atoms with Gasteiger partial charge in [-0.05, 0) is 5.56 Å². The number of nitro benzene ring substituents is 1. The van der Waals surface area contributed by atoms with Crippen molar-refractivity contribution in [3.8, 4) is 6.07 Å². The summed E-state index contributed by atoms with van der Waals surface area (Å²) in [5.41, 5.74) is -1.11. The molecule has 0 aliphatic heterocycles. The molecule has 8 nitrogen and oxygen atoms in total. The molecule has 3 rings (SSSR count). The summed E-state index contributed by atoms with van der Waals surface area (Å²) in [6, 6.07) is 14.1. The van der Waals surface area contributed by atoms with Gasteiger partial charge in [0.05, 0.1) is 16.9 Å². The minimum Gasteiger partial charge on any atom is -0.292 e. The SMILES string of the molecule is N#C[C@]1([C@@H](C[N+](=O)[O-])c2ccccc2[N+](=O)[O-])Cc2ccccc2C1=O. The van der Waals surface area contributed by atoms with Crippen LogP contribution in [-0.4, -0.2) is 22.2 Å². The molecule has 0 aromatic heterocycles. The third-order valence-electron chi connectivity index (χ3n) is 4.77. The highest BCUT2D eigenvalue weighted by molar-refractivity contribution is 6.07. The van der Waals surface area contributed by atoms with Crippen LogP contribution in [0.5, 0.6) is 0 Å². The van der Waals surface area contributed by atoms with Crippen LogP contribution in [0.25, 0.3) is 0 Å². The van der Waals surface area contributed by atoms with E-state index in [9.17, 15) is 30.3 Å². The number of nitro groups is 2. The summed E-state index contributed by atoms with van der Waals surface area (Å²) in [5, 5.41) is 32.5. The Morgan fingerprint density at radius 2 is 1.77 bits per heavy atom. The number of Topliss-reactive ketones (excluding diaryl/α,β-unsaturated/α-hetero) is 1. The highest BCUT2D eigenvalue weighted by Gasteiger charge is 2.55. The van der Waals surface area contributed by atoms with Crippen LogP contribution in [-0.2, 0) is 6.42 Å². The molecule has 1 aliphatic rings. The van der Waals surface area contributed by atoms with Crippen LogP contribution in [0.3, 0.4) is 0 Å². The van der Waals surface area contributed by atoms with Crippen LogP contribution in [0.1, 0.15) is 27.4 Å². The van der Waals surface area contributed by atoms with Crippen LogP contribution in [0.15, 0.2) is 48.5 Å². The van der Waals surface area contributed by atoms with Crippen LogP contribution < -0.4 is 0 Å². The van der Waals surface area contributed by atoms with E-state index in [-0.39, 0.29) is 17.7 Å². The maximum atomic E-state index is 13.0. The van der Waals surface area contributed by atoms with Gasteiger partial charge in [0, 0.05) is 28.5 Å². The molecule has 2 aromatic carbocycles. The first-order valence-electron chi connectivity index (χ1n) is 7.80. The van der Waals surface area contributed by atoms with Gasteiger partial charge in [-0.3, -0.25) is 25.0 Å². The molecule has 0 spiro atoms. The fraction of sp³-hybridized carbons (Fsp3) is 0.222. The van der Waals surface area contributed by atoms with E-state index in [0.29, 0.717) is 11.1 Å². The van der Waals surface area contributed by atoms with Gasteiger partial charge in [0.2, 0.25) is 6.54 Å². The molecule has 8 heteroatoms. The van der Waals surface area contributed by atoms with Crippen LogP contribution in [0.2, 0.25) is 0 Å². The molecule has 26 heavy (non-hydrogen) atoms. The average molecular weight is 351 g/mol. The minimum atomic E-state index is -1.75. The van der Waals surface area contributed by atoms with Crippen molar-refractivity contribution in [3.63, 3.8) is 0 Å². The Balaban J connectivity index is 2.21. The van der Waals surface area contributed by atoms with Gasteiger partial charge in [-0.25, -0.2) is 0 Å². The summed E-state index contributed by atoms with van der Waals surface area (Å²) in [7, 11) is 0. The van der Waals surface area contributed by atoms with E-state index in [0.717, 1.165) is 0 Å². The van der Waals surface area contributed by atoms with Crippen molar-refractivity contribution in [1.82, 2.24) is 0 Å². The molecule has 0 N–H and O–H groups in total. The van der Waals surface area contributed by atoms with Gasteiger partial charge in [-0.2, -0.15) is 5.26 Å². The summed E-state index contributed by atoms with van der Waals surface area (Å²) in [6.07, 6.45) is -0.0109. The third kappa shape index (κ3) is 2.59. The number of hydrogen-bond acceptors (Lipinski definition) is 6. The van der Waals surface area contributed by atoms with Crippen molar-refractivity contribution in [2.24, 2.45) is 5.41 Å². The van der Waals surface area contributed by atoms with Crippen molar-refractivity contribution in [1.29, 1.82) is 5.26 Å². The van der Waals surface area contributed by atoms with E-state index in [1.165, 1.54) is 24.3 Å². The number of benzene rings is 2. The number of rotatable bonds is 5. The van der Waals surface area contributed by atoms with Gasteiger partial charge in [0.15, 0.2) is 5.78 Å². The van der Waals surface area contributed by atoms with Gasteiger partial charge < -0.3 is 0 Å². The van der Waals surface area contributed by atoms with Crippen LogP contribution >= 0.6 is 0 Å². The van der Waals surface area contributed by atoms with E-state index in [4.69, 9.17) is 0 Å². The van der Waals surface area contributed by atoms with Gasteiger partial charge in [-0.1, -0.05) is 42.5 Å². The maximum Gasteiger partial charge on any atom is 0.273 e. The van der Waals surface area contributed by atoms with Gasteiger partial charge in [0.1, 0.15) is 5.41 Å². The molecule has 130 valence electrons. The Labute approximate surface area is 148 Å². The Morgan fingerprint density at radius 3 is 2.38 bits per heavy atom. The fourth-order valence-corrected chi connectivity index (χ4v) is 3.58. The number of nitriles is 1. The zero-order valence-corrected chi connectivity index (χ0v) is 13.5. The second kappa shape index (κ2) is 6.37. The number of carbonyl (C=O) groups is 1. The normalized spacial score (nSPS) is 19.4. The zero-order chi connectivity index (χ0) is 18.9. The molecular formula is C18H13N3O5. The number of hydrogen-bond donors (Lipinski definition) is 0. The first kappa shape index (κ1) is 17.2. The second-order valence-corrected chi connectivity index (χ2v) is 6.13. The summed E-state index contributed by atoms with van der Waals surface area (Å²) in [6.45, 7) is -0.752. The number of ketones is 1. The van der Waals surface area contributed by atoms with Crippen molar-refractivity contribution >= 4 is 11.5 Å². The quantitative estimate of drug-likeness (QED) is 0.602. The van der Waals surface area contributed by atoms with Gasteiger partial charge in [0.25, 0.3) is 5.69 Å². The number of fused-ring (bicyclic) bond motifs is 1. The van der Waals surface area contributed by atoms with Crippen LogP contribution in [0, 0.1) is 37.0 Å². The first-order valence-corrected chi connectivity index (χ1v) is 7.80. The number of carbonyl (C=O) groups excluding carboxylic acids is 1. The molecule has 0 fully saturated rings.